The topological polar surface area (TPSA) is 50.1 Å². The third-order valence-corrected chi connectivity index (χ3v) is 3.21. The third-order valence-electron chi connectivity index (χ3n) is 3.21. The number of nitrogens with zero attached hydrogens (tertiary/aromatic N) is 1. The standard InChI is InChI=1S/C18H11NO2/c19-11-16-9-13(12-20)5-8-18(16)21-17-7-6-14-3-1-2-4-15(14)10-17/h1-10,12H. The van der Waals surface area contributed by atoms with Crippen LogP contribution in [0.5, 0.6) is 11.5 Å². The van der Waals surface area contributed by atoms with Crippen molar-refractivity contribution >= 4 is 17.1 Å². The first-order valence-electron chi connectivity index (χ1n) is 6.46. The SMILES string of the molecule is N#Cc1cc(C=O)ccc1Oc1ccc2ccccc2c1. The molecular weight excluding hydrogens is 262 g/mol. The van der Waals surface area contributed by atoms with Gasteiger partial charge < -0.3 is 4.74 Å². The van der Waals surface area contributed by atoms with Gasteiger partial charge in [0.15, 0.2) is 0 Å². The number of carbonyl (C=O) groups excluding carboxylic acids is 1. The van der Waals surface area contributed by atoms with Crippen molar-refractivity contribution in [2.45, 2.75) is 0 Å². The van der Waals surface area contributed by atoms with E-state index in [-0.39, 0.29) is 0 Å². The smallest absolute Gasteiger partial charge is 0.150 e. The lowest BCUT2D eigenvalue weighted by Gasteiger charge is -2.08. The molecule has 3 heteroatoms. The molecule has 0 heterocycles. The van der Waals surface area contributed by atoms with Crippen molar-refractivity contribution < 1.29 is 9.53 Å². The van der Waals surface area contributed by atoms with E-state index in [0.717, 1.165) is 10.8 Å². The normalized spacial score (nSPS) is 10.0. The average Bonchev–Trinajstić information content (AvgIpc) is 2.55. The molecule has 0 aliphatic heterocycles. The van der Waals surface area contributed by atoms with Crippen LogP contribution in [-0.4, -0.2) is 6.29 Å². The zero-order chi connectivity index (χ0) is 14.7. The first kappa shape index (κ1) is 12.9. The Hall–Kier alpha value is -3.12. The molecule has 3 rings (SSSR count). The van der Waals surface area contributed by atoms with Gasteiger partial charge in [0.05, 0.1) is 5.56 Å². The molecule has 0 aromatic heterocycles. The van der Waals surface area contributed by atoms with Crippen molar-refractivity contribution in [1.29, 1.82) is 5.26 Å². The van der Waals surface area contributed by atoms with Gasteiger partial charge in [-0.2, -0.15) is 5.26 Å². The lowest BCUT2D eigenvalue weighted by molar-refractivity contribution is 0.112. The average molecular weight is 273 g/mol. The Morgan fingerprint density at radius 2 is 1.76 bits per heavy atom. The van der Waals surface area contributed by atoms with Crippen LogP contribution in [0.25, 0.3) is 10.8 Å². The maximum atomic E-state index is 10.7. The van der Waals surface area contributed by atoms with Gasteiger partial charge in [0, 0.05) is 5.56 Å². The number of fused-ring (bicyclic) bond motifs is 1. The van der Waals surface area contributed by atoms with Gasteiger partial charge in [0.2, 0.25) is 0 Å². The fraction of sp³-hybridized carbons (Fsp3) is 0. The Balaban J connectivity index is 1.98. The Kier molecular flexibility index (Phi) is 3.36. The van der Waals surface area contributed by atoms with E-state index in [9.17, 15) is 4.79 Å². The zero-order valence-corrected chi connectivity index (χ0v) is 11.1. The number of hydrogen-bond donors (Lipinski definition) is 0. The molecule has 100 valence electrons. The lowest BCUT2D eigenvalue weighted by atomic mass is 10.1. The van der Waals surface area contributed by atoms with Gasteiger partial charge >= 0.3 is 0 Å². The van der Waals surface area contributed by atoms with Crippen molar-refractivity contribution in [2.24, 2.45) is 0 Å². The van der Waals surface area contributed by atoms with E-state index in [1.165, 1.54) is 6.07 Å². The molecule has 0 amide bonds. The predicted molar refractivity (Wildman–Crippen MR) is 80.6 cm³/mol. The third kappa shape index (κ3) is 2.60. The van der Waals surface area contributed by atoms with Crippen molar-refractivity contribution in [2.75, 3.05) is 0 Å². The molecule has 0 aliphatic carbocycles. The van der Waals surface area contributed by atoms with Crippen molar-refractivity contribution in [1.82, 2.24) is 0 Å². The second-order valence-electron chi connectivity index (χ2n) is 4.60. The summed E-state index contributed by atoms with van der Waals surface area (Å²) in [6, 6.07) is 20.5. The Morgan fingerprint density at radius 1 is 0.952 bits per heavy atom. The van der Waals surface area contributed by atoms with E-state index < -0.39 is 0 Å². The molecule has 3 aromatic carbocycles. The highest BCUT2D eigenvalue weighted by Gasteiger charge is 2.06. The van der Waals surface area contributed by atoms with Crippen LogP contribution in [0.4, 0.5) is 0 Å². The Morgan fingerprint density at radius 3 is 2.52 bits per heavy atom. The lowest BCUT2D eigenvalue weighted by Crippen LogP contribution is -1.90. The van der Waals surface area contributed by atoms with Gasteiger partial charge in [-0.1, -0.05) is 30.3 Å². The molecule has 0 saturated carbocycles. The first-order valence-corrected chi connectivity index (χ1v) is 6.46. The zero-order valence-electron chi connectivity index (χ0n) is 11.1. The van der Waals surface area contributed by atoms with Gasteiger partial charge in [-0.3, -0.25) is 4.79 Å². The summed E-state index contributed by atoms with van der Waals surface area (Å²) in [6.07, 6.45) is 0.709. The largest absolute Gasteiger partial charge is 0.456 e. The minimum atomic E-state index is 0.341. The van der Waals surface area contributed by atoms with Gasteiger partial charge in [-0.05, 0) is 41.1 Å². The van der Waals surface area contributed by atoms with E-state index in [2.05, 4.69) is 0 Å². The van der Waals surface area contributed by atoms with Crippen LogP contribution in [0.1, 0.15) is 15.9 Å². The molecule has 0 saturated heterocycles. The van der Waals surface area contributed by atoms with Crippen LogP contribution in [-0.2, 0) is 0 Å². The first-order chi connectivity index (χ1) is 10.3. The van der Waals surface area contributed by atoms with Crippen LogP contribution < -0.4 is 4.74 Å². The van der Waals surface area contributed by atoms with Crippen molar-refractivity contribution in [3.8, 4) is 17.6 Å². The molecule has 21 heavy (non-hydrogen) atoms. The van der Waals surface area contributed by atoms with E-state index in [0.29, 0.717) is 28.9 Å². The molecule has 0 fully saturated rings. The van der Waals surface area contributed by atoms with Gasteiger partial charge in [0.1, 0.15) is 23.9 Å². The summed E-state index contributed by atoms with van der Waals surface area (Å²) in [6.45, 7) is 0. The van der Waals surface area contributed by atoms with Gasteiger partial charge in [-0.15, -0.1) is 0 Å². The molecule has 0 aliphatic rings. The number of ether oxygens (including phenoxy) is 1. The quantitative estimate of drug-likeness (QED) is 0.668. The second kappa shape index (κ2) is 5.48. The summed E-state index contributed by atoms with van der Waals surface area (Å²) in [5, 5.41) is 11.3. The highest BCUT2D eigenvalue weighted by atomic mass is 16.5. The summed E-state index contributed by atoms with van der Waals surface area (Å²) in [5.41, 5.74) is 0.796. The number of rotatable bonds is 3. The summed E-state index contributed by atoms with van der Waals surface area (Å²) in [7, 11) is 0. The number of nitriles is 1. The Bertz CT molecular complexity index is 862. The molecular formula is C18H11NO2. The molecule has 0 bridgehead atoms. The number of aldehydes is 1. The van der Waals surface area contributed by atoms with E-state index in [1.54, 1.807) is 12.1 Å². The van der Waals surface area contributed by atoms with Gasteiger partial charge in [0.25, 0.3) is 0 Å². The molecule has 3 aromatic rings. The maximum Gasteiger partial charge on any atom is 0.150 e. The molecule has 0 spiro atoms. The summed E-state index contributed by atoms with van der Waals surface area (Å²) >= 11 is 0. The van der Waals surface area contributed by atoms with Crippen LogP contribution in [0.2, 0.25) is 0 Å². The minimum Gasteiger partial charge on any atom is -0.456 e. The number of carbonyl (C=O) groups is 1. The van der Waals surface area contributed by atoms with E-state index >= 15 is 0 Å². The van der Waals surface area contributed by atoms with E-state index in [4.69, 9.17) is 10.00 Å². The summed E-state index contributed by atoms with van der Waals surface area (Å²) in [5.74, 6) is 1.10. The second-order valence-corrected chi connectivity index (χ2v) is 4.60. The summed E-state index contributed by atoms with van der Waals surface area (Å²) < 4.78 is 5.77. The van der Waals surface area contributed by atoms with Crippen LogP contribution in [0.15, 0.2) is 60.7 Å². The minimum absolute atomic E-state index is 0.341. The van der Waals surface area contributed by atoms with Crippen LogP contribution >= 0.6 is 0 Å². The van der Waals surface area contributed by atoms with E-state index in [1.807, 2.05) is 48.5 Å². The van der Waals surface area contributed by atoms with Crippen molar-refractivity contribution in [3.05, 3.63) is 71.8 Å². The highest BCUT2D eigenvalue weighted by Crippen LogP contribution is 2.28. The molecule has 0 unspecified atom stereocenters. The van der Waals surface area contributed by atoms with Crippen LogP contribution in [0, 0.1) is 11.3 Å². The summed E-state index contributed by atoms with van der Waals surface area (Å²) in [4.78, 5) is 10.7. The number of benzene rings is 3. The molecule has 3 nitrogen and oxygen atoms in total. The molecule has 0 radical (unpaired) electrons. The number of hydrogen-bond acceptors (Lipinski definition) is 3. The molecule has 0 N–H and O–H groups in total. The highest BCUT2D eigenvalue weighted by molar-refractivity contribution is 5.83. The van der Waals surface area contributed by atoms with Gasteiger partial charge in [-0.25, -0.2) is 0 Å². The monoisotopic (exact) mass is 273 g/mol. The Labute approximate surface area is 122 Å². The molecule has 0 atom stereocenters. The maximum absolute atomic E-state index is 10.7. The fourth-order valence-corrected chi connectivity index (χ4v) is 2.16. The predicted octanol–water partition coefficient (Wildman–Crippen LogP) is 4.32. The van der Waals surface area contributed by atoms with Crippen molar-refractivity contribution in [3.63, 3.8) is 0 Å². The van der Waals surface area contributed by atoms with Crippen LogP contribution in [0.3, 0.4) is 0 Å². The fourth-order valence-electron chi connectivity index (χ4n) is 2.16.